The quantitative estimate of drug-likeness (QED) is 0.804. The molecular formula is C17H32N2O3. The van der Waals surface area contributed by atoms with Gasteiger partial charge in [0.05, 0.1) is 5.92 Å². The second-order valence-electron chi connectivity index (χ2n) is 8.43. The van der Waals surface area contributed by atoms with E-state index in [0.29, 0.717) is 13.0 Å². The molecule has 1 fully saturated rings. The van der Waals surface area contributed by atoms with Crippen LogP contribution in [0.15, 0.2) is 0 Å². The molecule has 1 rings (SSSR count). The highest BCUT2D eigenvalue weighted by molar-refractivity contribution is 5.81. The van der Waals surface area contributed by atoms with Crippen molar-refractivity contribution in [2.75, 3.05) is 20.6 Å². The Kier molecular flexibility index (Phi) is 5.52. The molecule has 0 aromatic carbocycles. The number of ether oxygens (including phenoxy) is 1. The SMILES string of the molecule is C[C@H]1[C@@H](C(=O)N(C)C)CCN1C(=O)OC(C)(C)CC(C)(C)C. The summed E-state index contributed by atoms with van der Waals surface area (Å²) in [7, 11) is 3.50. The minimum Gasteiger partial charge on any atom is -0.443 e. The highest BCUT2D eigenvalue weighted by Crippen LogP contribution is 2.32. The fourth-order valence-electron chi connectivity index (χ4n) is 3.47. The molecule has 0 N–H and O–H groups in total. The Hall–Kier alpha value is -1.26. The highest BCUT2D eigenvalue weighted by atomic mass is 16.6. The number of rotatable bonds is 3. The average Bonchev–Trinajstić information content (AvgIpc) is 2.65. The Balaban J connectivity index is 2.70. The number of hydrogen-bond acceptors (Lipinski definition) is 3. The lowest BCUT2D eigenvalue weighted by molar-refractivity contribution is -0.133. The molecule has 1 aliphatic heterocycles. The van der Waals surface area contributed by atoms with Crippen LogP contribution in [0, 0.1) is 11.3 Å². The lowest BCUT2D eigenvalue weighted by Crippen LogP contribution is -2.44. The van der Waals surface area contributed by atoms with Gasteiger partial charge in [0.1, 0.15) is 5.60 Å². The number of hydrogen-bond donors (Lipinski definition) is 0. The summed E-state index contributed by atoms with van der Waals surface area (Å²) in [5.41, 5.74) is -0.428. The molecule has 0 radical (unpaired) electrons. The lowest BCUT2D eigenvalue weighted by Gasteiger charge is -2.34. The first-order chi connectivity index (χ1) is 9.84. The lowest BCUT2D eigenvalue weighted by atomic mass is 9.84. The molecule has 1 aliphatic rings. The van der Waals surface area contributed by atoms with E-state index in [-0.39, 0.29) is 29.4 Å². The van der Waals surface area contributed by atoms with Crippen molar-refractivity contribution in [1.29, 1.82) is 0 Å². The summed E-state index contributed by atoms with van der Waals surface area (Å²) in [6.45, 7) is 12.8. The van der Waals surface area contributed by atoms with Gasteiger partial charge in [0.15, 0.2) is 0 Å². The molecule has 0 aliphatic carbocycles. The monoisotopic (exact) mass is 312 g/mol. The van der Waals surface area contributed by atoms with Crippen LogP contribution in [0.2, 0.25) is 0 Å². The smallest absolute Gasteiger partial charge is 0.410 e. The molecule has 0 unspecified atom stereocenters. The van der Waals surface area contributed by atoms with Gasteiger partial charge in [-0.25, -0.2) is 4.79 Å². The van der Waals surface area contributed by atoms with Crippen molar-refractivity contribution in [1.82, 2.24) is 9.80 Å². The van der Waals surface area contributed by atoms with Crippen LogP contribution in [0.5, 0.6) is 0 Å². The van der Waals surface area contributed by atoms with Crippen molar-refractivity contribution >= 4 is 12.0 Å². The summed E-state index contributed by atoms with van der Waals surface area (Å²) in [6, 6.07) is -0.118. The summed E-state index contributed by atoms with van der Waals surface area (Å²) in [4.78, 5) is 27.9. The van der Waals surface area contributed by atoms with E-state index in [0.717, 1.165) is 6.42 Å². The van der Waals surface area contributed by atoms with Crippen LogP contribution >= 0.6 is 0 Å². The molecule has 0 bridgehead atoms. The largest absolute Gasteiger partial charge is 0.443 e. The van der Waals surface area contributed by atoms with E-state index in [1.54, 1.807) is 23.9 Å². The molecule has 2 atom stereocenters. The van der Waals surface area contributed by atoms with Gasteiger partial charge in [-0.1, -0.05) is 20.8 Å². The zero-order valence-corrected chi connectivity index (χ0v) is 15.4. The fourth-order valence-corrected chi connectivity index (χ4v) is 3.47. The van der Waals surface area contributed by atoms with Crippen molar-refractivity contribution in [3.8, 4) is 0 Å². The van der Waals surface area contributed by atoms with Crippen LogP contribution in [0.1, 0.15) is 54.4 Å². The van der Waals surface area contributed by atoms with Crippen LogP contribution in [0.4, 0.5) is 4.79 Å². The van der Waals surface area contributed by atoms with Gasteiger partial charge in [0.25, 0.3) is 0 Å². The van der Waals surface area contributed by atoms with Crippen molar-refractivity contribution in [3.05, 3.63) is 0 Å². The molecule has 5 heteroatoms. The first kappa shape index (κ1) is 18.8. The van der Waals surface area contributed by atoms with Crippen molar-refractivity contribution in [2.45, 2.75) is 66.0 Å². The predicted octanol–water partition coefficient (Wildman–Crippen LogP) is 3.14. The van der Waals surface area contributed by atoms with Gasteiger partial charge in [0, 0.05) is 26.7 Å². The van der Waals surface area contributed by atoms with Crippen molar-refractivity contribution in [2.24, 2.45) is 11.3 Å². The minimum atomic E-state index is -0.515. The Morgan fingerprint density at radius 1 is 1.18 bits per heavy atom. The molecule has 0 aromatic heterocycles. The van der Waals surface area contributed by atoms with Gasteiger partial charge >= 0.3 is 6.09 Å². The Morgan fingerprint density at radius 3 is 2.18 bits per heavy atom. The molecule has 0 saturated carbocycles. The van der Waals surface area contributed by atoms with Gasteiger partial charge < -0.3 is 14.5 Å². The molecular weight excluding hydrogens is 280 g/mol. The van der Waals surface area contributed by atoms with E-state index < -0.39 is 5.60 Å². The zero-order chi connectivity index (χ0) is 17.3. The van der Waals surface area contributed by atoms with Gasteiger partial charge in [-0.05, 0) is 39.0 Å². The van der Waals surface area contributed by atoms with Crippen LogP contribution in [-0.2, 0) is 9.53 Å². The minimum absolute atomic E-state index is 0.0803. The van der Waals surface area contributed by atoms with Crippen LogP contribution in [0.25, 0.3) is 0 Å². The third-order valence-corrected chi connectivity index (χ3v) is 4.07. The second-order valence-corrected chi connectivity index (χ2v) is 8.43. The van der Waals surface area contributed by atoms with Crippen LogP contribution < -0.4 is 0 Å². The second kappa shape index (κ2) is 6.47. The molecule has 1 heterocycles. The van der Waals surface area contributed by atoms with E-state index >= 15 is 0 Å². The first-order valence-electron chi connectivity index (χ1n) is 8.05. The fraction of sp³-hybridized carbons (Fsp3) is 0.882. The molecule has 0 aromatic rings. The predicted molar refractivity (Wildman–Crippen MR) is 87.6 cm³/mol. The van der Waals surface area contributed by atoms with Crippen molar-refractivity contribution < 1.29 is 14.3 Å². The standard InChI is InChI=1S/C17H32N2O3/c1-12-13(14(20)18(7)8)9-10-19(12)15(21)22-17(5,6)11-16(2,3)4/h12-13H,9-11H2,1-8H3/t12-,13-/m0/s1. The Bertz CT molecular complexity index is 424. The normalized spacial score (nSPS) is 22.6. The summed E-state index contributed by atoms with van der Waals surface area (Å²) in [5, 5.41) is 0. The third kappa shape index (κ3) is 4.89. The summed E-state index contributed by atoms with van der Waals surface area (Å²) in [6.07, 6.45) is 1.18. The number of carbonyl (C=O) groups is 2. The molecule has 1 saturated heterocycles. The maximum Gasteiger partial charge on any atom is 0.410 e. The maximum absolute atomic E-state index is 12.5. The average molecular weight is 312 g/mol. The molecule has 128 valence electrons. The Morgan fingerprint density at radius 2 is 1.73 bits per heavy atom. The molecule has 2 amide bonds. The third-order valence-electron chi connectivity index (χ3n) is 4.07. The number of carbonyl (C=O) groups excluding carboxylic acids is 2. The van der Waals surface area contributed by atoms with Crippen LogP contribution in [-0.4, -0.2) is 54.1 Å². The summed E-state index contributed by atoms with van der Waals surface area (Å²) >= 11 is 0. The number of amides is 2. The molecule has 5 nitrogen and oxygen atoms in total. The van der Waals surface area contributed by atoms with Crippen LogP contribution in [0.3, 0.4) is 0 Å². The van der Waals surface area contributed by atoms with E-state index in [2.05, 4.69) is 20.8 Å². The zero-order valence-electron chi connectivity index (χ0n) is 15.4. The van der Waals surface area contributed by atoms with E-state index in [1.807, 2.05) is 20.8 Å². The van der Waals surface area contributed by atoms with E-state index in [1.165, 1.54) is 0 Å². The summed E-state index contributed by atoms with van der Waals surface area (Å²) < 4.78 is 5.72. The van der Waals surface area contributed by atoms with E-state index in [9.17, 15) is 9.59 Å². The summed E-state index contributed by atoms with van der Waals surface area (Å²) in [5.74, 6) is -0.0509. The Labute approximate surface area is 135 Å². The highest BCUT2D eigenvalue weighted by Gasteiger charge is 2.41. The van der Waals surface area contributed by atoms with Gasteiger partial charge in [-0.2, -0.15) is 0 Å². The number of likely N-dealkylation sites (tertiary alicyclic amines) is 1. The van der Waals surface area contributed by atoms with E-state index in [4.69, 9.17) is 4.74 Å². The van der Waals surface area contributed by atoms with Gasteiger partial charge in [-0.15, -0.1) is 0 Å². The van der Waals surface area contributed by atoms with Gasteiger partial charge in [0.2, 0.25) is 5.91 Å². The first-order valence-corrected chi connectivity index (χ1v) is 8.05. The molecule has 22 heavy (non-hydrogen) atoms. The van der Waals surface area contributed by atoms with Gasteiger partial charge in [-0.3, -0.25) is 4.79 Å². The topological polar surface area (TPSA) is 49.9 Å². The maximum atomic E-state index is 12.5. The number of nitrogens with zero attached hydrogens (tertiary/aromatic N) is 2. The molecule has 0 spiro atoms. The van der Waals surface area contributed by atoms with Crippen molar-refractivity contribution in [3.63, 3.8) is 0 Å².